The van der Waals surface area contributed by atoms with Gasteiger partial charge in [-0.1, -0.05) is 67.1 Å². The van der Waals surface area contributed by atoms with Crippen molar-refractivity contribution < 1.29 is 0 Å². The molecular formula is C24H23N3. The number of benzene rings is 2. The van der Waals surface area contributed by atoms with Gasteiger partial charge in [-0.05, 0) is 43.4 Å². The van der Waals surface area contributed by atoms with E-state index in [1.165, 1.54) is 24.8 Å². The molecule has 1 saturated carbocycles. The van der Waals surface area contributed by atoms with Gasteiger partial charge in [0.2, 0.25) is 0 Å². The summed E-state index contributed by atoms with van der Waals surface area (Å²) in [5, 5.41) is 0. The number of hydrogen-bond acceptors (Lipinski definition) is 2. The zero-order chi connectivity index (χ0) is 18.1. The van der Waals surface area contributed by atoms with Crippen molar-refractivity contribution >= 4 is 11.4 Å². The first-order valence-electron chi connectivity index (χ1n) is 9.83. The molecule has 0 unspecified atom stereocenters. The third-order valence-electron chi connectivity index (χ3n) is 5.59. The molecule has 1 aromatic heterocycles. The Balaban J connectivity index is 1.58. The van der Waals surface area contributed by atoms with E-state index in [2.05, 4.69) is 65.6 Å². The predicted molar refractivity (Wildman–Crippen MR) is 112 cm³/mol. The second kappa shape index (κ2) is 6.66. The summed E-state index contributed by atoms with van der Waals surface area (Å²) in [7, 11) is 0. The number of nitrogens with zero attached hydrogens (tertiary/aromatic N) is 2. The fraction of sp³-hybridized carbons (Fsp3) is 0.250. The summed E-state index contributed by atoms with van der Waals surface area (Å²) in [6.07, 6.45) is 5.83. The smallest absolute Gasteiger partial charge is 0.151 e. The Labute approximate surface area is 159 Å². The number of aromatic nitrogens is 1. The first-order valence-corrected chi connectivity index (χ1v) is 9.83. The van der Waals surface area contributed by atoms with Gasteiger partial charge in [-0.15, -0.1) is 0 Å². The lowest BCUT2D eigenvalue weighted by Crippen LogP contribution is -2.25. The normalized spacial score (nSPS) is 18.4. The molecule has 3 aromatic rings. The van der Waals surface area contributed by atoms with E-state index in [-0.39, 0.29) is 5.66 Å². The minimum Gasteiger partial charge on any atom is -0.353 e. The molecule has 2 aliphatic rings. The summed E-state index contributed by atoms with van der Waals surface area (Å²) in [5.74, 6) is 0. The quantitative estimate of drug-likeness (QED) is 0.633. The van der Waals surface area contributed by atoms with Crippen LogP contribution in [0.15, 0.2) is 82.8 Å². The topological polar surface area (TPSA) is 40.5 Å². The maximum absolute atomic E-state index is 5.20. The summed E-state index contributed by atoms with van der Waals surface area (Å²) < 4.78 is 0. The van der Waals surface area contributed by atoms with E-state index < -0.39 is 0 Å². The fourth-order valence-electron chi connectivity index (χ4n) is 4.19. The first kappa shape index (κ1) is 16.2. The van der Waals surface area contributed by atoms with Crippen molar-refractivity contribution in [3.63, 3.8) is 0 Å². The van der Waals surface area contributed by atoms with Gasteiger partial charge in [0.05, 0.1) is 11.4 Å². The van der Waals surface area contributed by atoms with Crippen LogP contribution in [-0.4, -0.2) is 22.1 Å². The highest BCUT2D eigenvalue weighted by Crippen LogP contribution is 2.38. The van der Waals surface area contributed by atoms with Crippen LogP contribution in [0.5, 0.6) is 0 Å². The van der Waals surface area contributed by atoms with Crippen LogP contribution in [-0.2, 0) is 0 Å². The van der Waals surface area contributed by atoms with Crippen LogP contribution in [0.1, 0.15) is 43.4 Å². The summed E-state index contributed by atoms with van der Waals surface area (Å²) in [6.45, 7) is 0. The van der Waals surface area contributed by atoms with E-state index in [1.807, 2.05) is 12.1 Å². The minimum atomic E-state index is -0.253. The summed E-state index contributed by atoms with van der Waals surface area (Å²) in [6, 6.07) is 25.2. The van der Waals surface area contributed by atoms with Gasteiger partial charge in [0, 0.05) is 11.3 Å². The van der Waals surface area contributed by atoms with Gasteiger partial charge >= 0.3 is 0 Å². The van der Waals surface area contributed by atoms with E-state index >= 15 is 0 Å². The molecule has 27 heavy (non-hydrogen) atoms. The summed E-state index contributed by atoms with van der Waals surface area (Å²) >= 11 is 0. The maximum Gasteiger partial charge on any atom is 0.151 e. The first-order chi connectivity index (χ1) is 13.3. The number of H-pyrrole nitrogens is 1. The van der Waals surface area contributed by atoms with Gasteiger partial charge < -0.3 is 4.98 Å². The molecule has 1 spiro atoms. The highest BCUT2D eigenvalue weighted by atomic mass is 15.1. The van der Waals surface area contributed by atoms with Crippen LogP contribution >= 0.6 is 0 Å². The Hall–Kier alpha value is -2.94. The number of aliphatic imine (C=N–C) groups is 2. The molecule has 3 nitrogen and oxygen atoms in total. The van der Waals surface area contributed by atoms with Crippen LogP contribution in [0, 0.1) is 0 Å². The van der Waals surface area contributed by atoms with Gasteiger partial charge in [-0.3, -0.25) is 9.98 Å². The van der Waals surface area contributed by atoms with Gasteiger partial charge in [0.15, 0.2) is 5.66 Å². The Morgan fingerprint density at radius 1 is 0.593 bits per heavy atom. The molecule has 5 rings (SSSR count). The van der Waals surface area contributed by atoms with E-state index in [9.17, 15) is 0 Å². The lowest BCUT2D eigenvalue weighted by atomic mass is 9.90. The van der Waals surface area contributed by atoms with Gasteiger partial charge in [0.1, 0.15) is 5.71 Å². The molecule has 1 aliphatic carbocycles. The maximum atomic E-state index is 5.20. The molecule has 1 fully saturated rings. The zero-order valence-corrected chi connectivity index (χ0v) is 15.4. The van der Waals surface area contributed by atoms with Crippen molar-refractivity contribution in [3.8, 4) is 11.3 Å². The molecule has 0 amide bonds. The highest BCUT2D eigenvalue weighted by Gasteiger charge is 2.38. The Morgan fingerprint density at radius 2 is 1.19 bits per heavy atom. The van der Waals surface area contributed by atoms with Crippen molar-refractivity contribution in [2.75, 3.05) is 0 Å². The summed E-state index contributed by atoms with van der Waals surface area (Å²) in [4.78, 5) is 14.0. The second-order valence-electron chi connectivity index (χ2n) is 7.48. The number of rotatable bonds is 3. The SMILES string of the molecule is c1ccc(C2=NC3(CCCCC3)N=C2c2ccc(-c3ccccc3)[nH]2)cc1. The zero-order valence-electron chi connectivity index (χ0n) is 15.4. The molecule has 1 aliphatic heterocycles. The Morgan fingerprint density at radius 3 is 1.89 bits per heavy atom. The van der Waals surface area contributed by atoms with Crippen molar-refractivity contribution in [2.45, 2.75) is 37.8 Å². The van der Waals surface area contributed by atoms with Crippen LogP contribution in [0.3, 0.4) is 0 Å². The third kappa shape index (κ3) is 3.03. The lowest BCUT2D eigenvalue weighted by molar-refractivity contribution is 0.316. The van der Waals surface area contributed by atoms with Gasteiger partial charge in [-0.25, -0.2) is 0 Å². The molecule has 0 atom stereocenters. The molecule has 0 bridgehead atoms. The van der Waals surface area contributed by atoms with Crippen molar-refractivity contribution in [2.24, 2.45) is 9.98 Å². The Kier molecular flexibility index (Phi) is 4.01. The highest BCUT2D eigenvalue weighted by molar-refractivity contribution is 6.54. The molecule has 2 aromatic carbocycles. The number of aromatic amines is 1. The molecule has 0 radical (unpaired) electrons. The predicted octanol–water partition coefficient (Wildman–Crippen LogP) is 5.63. The van der Waals surface area contributed by atoms with Crippen molar-refractivity contribution in [1.82, 2.24) is 4.98 Å². The van der Waals surface area contributed by atoms with E-state index in [0.29, 0.717) is 0 Å². The van der Waals surface area contributed by atoms with Crippen molar-refractivity contribution in [1.29, 1.82) is 0 Å². The van der Waals surface area contributed by atoms with Crippen LogP contribution in [0.25, 0.3) is 11.3 Å². The van der Waals surface area contributed by atoms with Crippen LogP contribution < -0.4 is 0 Å². The lowest BCUT2D eigenvalue weighted by Gasteiger charge is -2.27. The van der Waals surface area contributed by atoms with Crippen LogP contribution in [0.2, 0.25) is 0 Å². The van der Waals surface area contributed by atoms with Gasteiger partial charge in [0.25, 0.3) is 0 Å². The van der Waals surface area contributed by atoms with Crippen LogP contribution in [0.4, 0.5) is 0 Å². The molecule has 3 heteroatoms. The van der Waals surface area contributed by atoms with E-state index in [4.69, 9.17) is 9.98 Å². The van der Waals surface area contributed by atoms with Gasteiger partial charge in [-0.2, -0.15) is 0 Å². The number of nitrogens with one attached hydrogen (secondary N) is 1. The molecular weight excluding hydrogens is 330 g/mol. The third-order valence-corrected chi connectivity index (χ3v) is 5.59. The molecule has 134 valence electrons. The standard InChI is InChI=1S/C24H23N3/c1-4-10-18(11-5-1)20-14-15-21(25-20)23-22(19-12-6-2-7-13-19)26-24(27-23)16-8-3-9-17-24/h1-2,4-7,10-15,25H,3,8-9,16-17H2. The number of hydrogen-bond donors (Lipinski definition) is 1. The summed E-state index contributed by atoms with van der Waals surface area (Å²) in [5.41, 5.74) is 6.28. The second-order valence-corrected chi connectivity index (χ2v) is 7.48. The monoisotopic (exact) mass is 353 g/mol. The minimum absolute atomic E-state index is 0.253. The molecule has 0 saturated heterocycles. The molecule has 1 N–H and O–H groups in total. The van der Waals surface area contributed by atoms with E-state index in [1.54, 1.807) is 0 Å². The Bertz CT molecular complexity index is 990. The van der Waals surface area contributed by atoms with Crippen molar-refractivity contribution in [3.05, 3.63) is 84.1 Å². The molecule has 2 heterocycles. The average molecular weight is 353 g/mol. The fourth-order valence-corrected chi connectivity index (χ4v) is 4.19. The van der Waals surface area contributed by atoms with E-state index in [0.717, 1.165) is 41.2 Å². The largest absolute Gasteiger partial charge is 0.353 e. The average Bonchev–Trinajstić information content (AvgIpc) is 3.36.